The van der Waals surface area contributed by atoms with E-state index in [2.05, 4.69) is 10.3 Å². The second-order valence-electron chi connectivity index (χ2n) is 7.32. The Bertz CT molecular complexity index is 1240. The van der Waals surface area contributed by atoms with Crippen molar-refractivity contribution in [1.82, 2.24) is 14.9 Å². The van der Waals surface area contributed by atoms with Crippen LogP contribution in [0.3, 0.4) is 0 Å². The number of pyridine rings is 2. The topological polar surface area (TPSA) is 60.1 Å². The van der Waals surface area contributed by atoms with Gasteiger partial charge in [-0.15, -0.1) is 0 Å². The Morgan fingerprint density at radius 3 is 2.90 bits per heavy atom. The zero-order valence-electron chi connectivity index (χ0n) is 15.8. The van der Waals surface area contributed by atoms with Crippen LogP contribution >= 0.6 is 11.6 Å². The summed E-state index contributed by atoms with van der Waals surface area (Å²) in [5, 5.41) is 5.13. The highest BCUT2D eigenvalue weighted by atomic mass is 35.5. The van der Waals surface area contributed by atoms with Crippen molar-refractivity contribution in [2.75, 3.05) is 6.54 Å². The number of halogens is 1. The molecule has 5 nitrogen and oxygen atoms in total. The highest BCUT2D eigenvalue weighted by Gasteiger charge is 2.17. The fraction of sp³-hybridized carbons (Fsp3) is 0.217. The maximum absolute atomic E-state index is 12.7. The first-order valence-corrected chi connectivity index (χ1v) is 10.1. The Kier molecular flexibility index (Phi) is 4.70. The van der Waals surface area contributed by atoms with Crippen LogP contribution in [0.1, 0.15) is 22.6 Å². The average Bonchev–Trinajstić information content (AvgIpc) is 3.11. The van der Waals surface area contributed by atoms with Crippen LogP contribution in [0.4, 0.5) is 0 Å². The Morgan fingerprint density at radius 1 is 1.14 bits per heavy atom. The lowest BCUT2D eigenvalue weighted by atomic mass is 10.1. The number of furan rings is 1. The number of nitrogens with zero attached hydrogens (tertiary/aromatic N) is 2. The summed E-state index contributed by atoms with van der Waals surface area (Å²) in [6, 6.07) is 13.4. The number of aromatic nitrogens is 2. The molecule has 29 heavy (non-hydrogen) atoms. The summed E-state index contributed by atoms with van der Waals surface area (Å²) in [5.41, 5.74) is 4.78. The Balaban J connectivity index is 1.39. The van der Waals surface area contributed by atoms with Crippen molar-refractivity contribution in [3.63, 3.8) is 0 Å². The van der Waals surface area contributed by atoms with Crippen molar-refractivity contribution < 1.29 is 4.42 Å². The second kappa shape index (κ2) is 7.50. The molecule has 0 bridgehead atoms. The molecule has 5 rings (SSSR count). The molecule has 4 aromatic rings. The van der Waals surface area contributed by atoms with Crippen LogP contribution in [-0.4, -0.2) is 16.1 Å². The van der Waals surface area contributed by atoms with Crippen LogP contribution in [0.15, 0.2) is 64.1 Å². The van der Waals surface area contributed by atoms with Gasteiger partial charge >= 0.3 is 0 Å². The quantitative estimate of drug-likeness (QED) is 0.556. The monoisotopic (exact) mass is 405 g/mol. The van der Waals surface area contributed by atoms with Crippen LogP contribution < -0.4 is 10.9 Å². The van der Waals surface area contributed by atoms with Gasteiger partial charge in [-0.05, 0) is 48.7 Å². The highest BCUT2D eigenvalue weighted by Crippen LogP contribution is 2.29. The van der Waals surface area contributed by atoms with Gasteiger partial charge in [0.2, 0.25) is 0 Å². The molecule has 0 aliphatic carbocycles. The van der Waals surface area contributed by atoms with Gasteiger partial charge in [-0.25, -0.2) is 0 Å². The molecule has 0 atom stereocenters. The normalized spacial score (nSPS) is 13.6. The van der Waals surface area contributed by atoms with Gasteiger partial charge in [0.1, 0.15) is 11.3 Å². The highest BCUT2D eigenvalue weighted by molar-refractivity contribution is 6.30. The zero-order valence-corrected chi connectivity index (χ0v) is 16.6. The van der Waals surface area contributed by atoms with Crippen LogP contribution in [0.25, 0.3) is 16.7 Å². The molecule has 6 heteroatoms. The molecule has 0 saturated carbocycles. The van der Waals surface area contributed by atoms with E-state index in [1.165, 1.54) is 5.56 Å². The number of fused-ring (bicyclic) bond motifs is 3. The first-order valence-electron chi connectivity index (χ1n) is 9.75. The summed E-state index contributed by atoms with van der Waals surface area (Å²) < 4.78 is 7.70. The van der Waals surface area contributed by atoms with Crippen molar-refractivity contribution in [1.29, 1.82) is 0 Å². The van der Waals surface area contributed by atoms with Crippen LogP contribution in [0.2, 0.25) is 5.02 Å². The van der Waals surface area contributed by atoms with Gasteiger partial charge < -0.3 is 9.73 Å². The maximum atomic E-state index is 12.7. The minimum atomic E-state index is -0.0519. The molecule has 0 unspecified atom stereocenters. The van der Waals surface area contributed by atoms with Crippen molar-refractivity contribution >= 4 is 22.6 Å². The van der Waals surface area contributed by atoms with Gasteiger partial charge in [0.15, 0.2) is 0 Å². The van der Waals surface area contributed by atoms with E-state index >= 15 is 0 Å². The smallest absolute Gasteiger partial charge is 0.255 e. The molecule has 0 saturated heterocycles. The fourth-order valence-electron chi connectivity index (χ4n) is 3.87. The molecule has 1 aromatic carbocycles. The van der Waals surface area contributed by atoms with E-state index in [-0.39, 0.29) is 5.56 Å². The third kappa shape index (κ3) is 3.59. The number of hydrogen-bond acceptors (Lipinski definition) is 4. The van der Waals surface area contributed by atoms with E-state index in [0.29, 0.717) is 5.02 Å². The zero-order chi connectivity index (χ0) is 19.8. The fourth-order valence-corrected chi connectivity index (χ4v) is 3.98. The summed E-state index contributed by atoms with van der Waals surface area (Å²) >= 11 is 5.87. The molecule has 0 amide bonds. The van der Waals surface area contributed by atoms with Gasteiger partial charge in [0.05, 0.1) is 10.7 Å². The first kappa shape index (κ1) is 18.2. The number of hydrogen-bond donors (Lipinski definition) is 1. The standard InChI is InChI=1S/C23H20ClN3O2/c24-16-2-4-17(26-13-16)3-1-15-8-10-27(23(28)11-15)18-5-6-19-20-14-25-9-7-21(20)29-22(19)12-18/h2,4-6,8,10-13,25H,1,3,7,9,14H2. The van der Waals surface area contributed by atoms with E-state index in [1.807, 2.05) is 42.6 Å². The molecule has 1 aliphatic heterocycles. The number of benzene rings is 1. The summed E-state index contributed by atoms with van der Waals surface area (Å²) in [6.07, 6.45) is 5.89. The second-order valence-corrected chi connectivity index (χ2v) is 7.76. The summed E-state index contributed by atoms with van der Waals surface area (Å²) in [6.45, 7) is 1.77. The van der Waals surface area contributed by atoms with E-state index in [1.54, 1.807) is 16.8 Å². The first-order chi connectivity index (χ1) is 14.2. The van der Waals surface area contributed by atoms with Crippen molar-refractivity contribution in [2.24, 2.45) is 0 Å². The Morgan fingerprint density at radius 2 is 2.07 bits per heavy atom. The van der Waals surface area contributed by atoms with Gasteiger partial charge in [-0.3, -0.25) is 14.3 Å². The summed E-state index contributed by atoms with van der Waals surface area (Å²) in [5.74, 6) is 1.05. The molecule has 0 radical (unpaired) electrons. The van der Waals surface area contributed by atoms with E-state index in [9.17, 15) is 4.79 Å². The number of aryl methyl sites for hydroxylation is 2. The number of nitrogens with one attached hydrogen (secondary N) is 1. The molecule has 4 heterocycles. The summed E-state index contributed by atoms with van der Waals surface area (Å²) in [7, 11) is 0. The van der Waals surface area contributed by atoms with Crippen molar-refractivity contribution in [3.8, 4) is 5.69 Å². The minimum absolute atomic E-state index is 0.0519. The van der Waals surface area contributed by atoms with Crippen LogP contribution in [0, 0.1) is 0 Å². The molecule has 0 spiro atoms. The van der Waals surface area contributed by atoms with Gasteiger partial charge in [-0.1, -0.05) is 11.6 Å². The SMILES string of the molecule is O=c1cc(CCc2ccc(Cl)cn2)ccn1-c1ccc2c3c(oc2c1)CCNC3. The Hall–Kier alpha value is -2.89. The van der Waals surface area contributed by atoms with Crippen molar-refractivity contribution in [3.05, 3.63) is 92.8 Å². The lowest BCUT2D eigenvalue weighted by molar-refractivity contribution is 0.500. The Labute approximate surface area is 173 Å². The minimum Gasteiger partial charge on any atom is -0.461 e. The molecular weight excluding hydrogens is 386 g/mol. The predicted molar refractivity (Wildman–Crippen MR) is 114 cm³/mol. The number of rotatable bonds is 4. The van der Waals surface area contributed by atoms with E-state index in [0.717, 1.165) is 66.0 Å². The maximum Gasteiger partial charge on any atom is 0.255 e. The van der Waals surface area contributed by atoms with Gasteiger partial charge in [0.25, 0.3) is 5.56 Å². The van der Waals surface area contributed by atoms with E-state index < -0.39 is 0 Å². The van der Waals surface area contributed by atoms with E-state index in [4.69, 9.17) is 16.0 Å². The molecule has 3 aromatic heterocycles. The lowest BCUT2D eigenvalue weighted by Gasteiger charge is -2.10. The summed E-state index contributed by atoms with van der Waals surface area (Å²) in [4.78, 5) is 17.0. The molecule has 1 aliphatic rings. The third-order valence-corrected chi connectivity index (χ3v) is 5.63. The average molecular weight is 406 g/mol. The van der Waals surface area contributed by atoms with Gasteiger partial charge in [0, 0.05) is 60.7 Å². The van der Waals surface area contributed by atoms with Gasteiger partial charge in [-0.2, -0.15) is 0 Å². The molecule has 1 N–H and O–H groups in total. The third-order valence-electron chi connectivity index (χ3n) is 5.41. The molecular formula is C23H20ClN3O2. The predicted octanol–water partition coefficient (Wildman–Crippen LogP) is 4.06. The largest absolute Gasteiger partial charge is 0.461 e. The molecule has 0 fully saturated rings. The van der Waals surface area contributed by atoms with Crippen LogP contribution in [-0.2, 0) is 25.8 Å². The van der Waals surface area contributed by atoms with Crippen molar-refractivity contribution in [2.45, 2.75) is 25.8 Å². The molecule has 146 valence electrons. The van der Waals surface area contributed by atoms with Crippen LogP contribution in [0.5, 0.6) is 0 Å². The lowest BCUT2D eigenvalue weighted by Crippen LogP contribution is -2.22.